The van der Waals surface area contributed by atoms with Crippen LogP contribution in [0.25, 0.3) is 0 Å². The summed E-state index contributed by atoms with van der Waals surface area (Å²) in [7, 11) is 0. The monoisotopic (exact) mass is 416 g/mol. The van der Waals surface area contributed by atoms with Gasteiger partial charge in [0.25, 0.3) is 11.8 Å². The first-order valence-corrected chi connectivity index (χ1v) is 10.2. The van der Waals surface area contributed by atoms with Crippen LogP contribution in [0.2, 0.25) is 0 Å². The molecular weight excluding hydrogens is 392 g/mol. The van der Waals surface area contributed by atoms with Crippen LogP contribution in [0.3, 0.4) is 0 Å². The van der Waals surface area contributed by atoms with Gasteiger partial charge in [-0.25, -0.2) is 0 Å². The molecule has 2 amide bonds. The summed E-state index contributed by atoms with van der Waals surface area (Å²) in [5.41, 5.74) is 0.831. The number of hydrogen-bond donors (Lipinski definition) is 1. The molecule has 0 bridgehead atoms. The Balaban J connectivity index is 1.57. The average molecular weight is 416 g/mol. The zero-order valence-electron chi connectivity index (χ0n) is 17.1. The standard InChI is InChI=1S/C24H24N4O3/c29-22(21-11-5-7-13-26-21)28-14-15-31-24(18-28,16-20-10-4-6-12-25-20)23(30)27-17-19-8-2-1-3-9-19/h1-13H,14-18H2,(H,27,30). The number of benzene rings is 1. The van der Waals surface area contributed by atoms with E-state index >= 15 is 0 Å². The van der Waals surface area contributed by atoms with Crippen molar-refractivity contribution in [2.45, 2.75) is 18.6 Å². The van der Waals surface area contributed by atoms with Crippen LogP contribution < -0.4 is 5.32 Å². The molecule has 1 N–H and O–H groups in total. The number of rotatable bonds is 6. The predicted molar refractivity (Wildman–Crippen MR) is 115 cm³/mol. The van der Waals surface area contributed by atoms with Gasteiger partial charge in [-0.3, -0.25) is 19.6 Å². The molecule has 3 heterocycles. The summed E-state index contributed by atoms with van der Waals surface area (Å²) in [6.45, 7) is 1.15. The van der Waals surface area contributed by atoms with Gasteiger partial charge >= 0.3 is 0 Å². The van der Waals surface area contributed by atoms with Crippen LogP contribution >= 0.6 is 0 Å². The third-order valence-electron chi connectivity index (χ3n) is 5.26. The van der Waals surface area contributed by atoms with Crippen LogP contribution in [0.5, 0.6) is 0 Å². The second-order valence-corrected chi connectivity index (χ2v) is 7.45. The lowest BCUT2D eigenvalue weighted by Crippen LogP contribution is -2.62. The Bertz CT molecular complexity index is 1010. The van der Waals surface area contributed by atoms with Gasteiger partial charge in [0.15, 0.2) is 5.60 Å². The second-order valence-electron chi connectivity index (χ2n) is 7.45. The summed E-state index contributed by atoms with van der Waals surface area (Å²) in [5.74, 6) is -0.481. The van der Waals surface area contributed by atoms with Crippen LogP contribution in [0.1, 0.15) is 21.7 Å². The van der Waals surface area contributed by atoms with Crippen molar-refractivity contribution in [1.82, 2.24) is 20.2 Å². The van der Waals surface area contributed by atoms with E-state index in [4.69, 9.17) is 4.74 Å². The smallest absolute Gasteiger partial charge is 0.272 e. The van der Waals surface area contributed by atoms with Crippen molar-refractivity contribution in [2.24, 2.45) is 0 Å². The molecule has 158 valence electrons. The number of carbonyl (C=O) groups is 2. The number of pyridine rings is 2. The van der Waals surface area contributed by atoms with E-state index in [1.165, 1.54) is 0 Å². The van der Waals surface area contributed by atoms with Crippen molar-refractivity contribution in [2.75, 3.05) is 19.7 Å². The molecule has 0 radical (unpaired) electrons. The quantitative estimate of drug-likeness (QED) is 0.666. The van der Waals surface area contributed by atoms with Crippen LogP contribution in [0, 0.1) is 0 Å². The third-order valence-corrected chi connectivity index (χ3v) is 5.26. The molecule has 1 aliphatic rings. The Morgan fingerprint density at radius 1 is 0.968 bits per heavy atom. The molecule has 7 nitrogen and oxygen atoms in total. The molecule has 0 aliphatic carbocycles. The average Bonchev–Trinajstić information content (AvgIpc) is 2.84. The van der Waals surface area contributed by atoms with E-state index in [-0.39, 0.29) is 31.4 Å². The van der Waals surface area contributed by atoms with Gasteiger partial charge in [0.05, 0.1) is 13.2 Å². The molecule has 7 heteroatoms. The van der Waals surface area contributed by atoms with Gasteiger partial charge in [-0.05, 0) is 29.8 Å². The first-order valence-electron chi connectivity index (χ1n) is 10.2. The fourth-order valence-electron chi connectivity index (χ4n) is 3.67. The fourth-order valence-corrected chi connectivity index (χ4v) is 3.67. The van der Waals surface area contributed by atoms with E-state index in [0.717, 1.165) is 11.3 Å². The Morgan fingerprint density at radius 3 is 2.42 bits per heavy atom. The number of amides is 2. The minimum absolute atomic E-state index is 0.125. The van der Waals surface area contributed by atoms with E-state index in [0.29, 0.717) is 18.8 Å². The van der Waals surface area contributed by atoms with Crippen LogP contribution in [-0.2, 0) is 22.5 Å². The summed E-state index contributed by atoms with van der Waals surface area (Å²) in [5, 5.41) is 2.98. The lowest BCUT2D eigenvalue weighted by molar-refractivity contribution is -0.157. The summed E-state index contributed by atoms with van der Waals surface area (Å²) >= 11 is 0. The molecule has 31 heavy (non-hydrogen) atoms. The van der Waals surface area contributed by atoms with Crippen molar-refractivity contribution < 1.29 is 14.3 Å². The maximum atomic E-state index is 13.4. The molecule has 1 aromatic carbocycles. The second kappa shape index (κ2) is 9.49. The zero-order chi connectivity index (χ0) is 21.5. The minimum Gasteiger partial charge on any atom is -0.361 e. The molecule has 1 unspecified atom stereocenters. The fraction of sp³-hybridized carbons (Fsp3) is 0.250. The molecule has 1 fully saturated rings. The first kappa shape index (κ1) is 20.7. The number of hydrogen-bond acceptors (Lipinski definition) is 5. The number of nitrogens with zero attached hydrogens (tertiary/aromatic N) is 3. The van der Waals surface area contributed by atoms with Gasteiger partial charge in [-0.1, -0.05) is 42.5 Å². The number of morpholine rings is 1. The highest BCUT2D eigenvalue weighted by molar-refractivity contribution is 5.93. The highest BCUT2D eigenvalue weighted by Gasteiger charge is 2.45. The van der Waals surface area contributed by atoms with Crippen molar-refractivity contribution in [3.63, 3.8) is 0 Å². The zero-order valence-corrected chi connectivity index (χ0v) is 17.1. The van der Waals surface area contributed by atoms with E-state index < -0.39 is 5.60 Å². The summed E-state index contributed by atoms with van der Waals surface area (Å²) in [6, 6.07) is 20.4. The van der Waals surface area contributed by atoms with Gasteiger partial charge in [-0.15, -0.1) is 0 Å². The molecule has 4 rings (SSSR count). The van der Waals surface area contributed by atoms with Gasteiger partial charge in [0.2, 0.25) is 0 Å². The van der Waals surface area contributed by atoms with Crippen molar-refractivity contribution in [1.29, 1.82) is 0 Å². The summed E-state index contributed by atoms with van der Waals surface area (Å²) < 4.78 is 6.07. The van der Waals surface area contributed by atoms with Crippen LogP contribution in [0.4, 0.5) is 0 Å². The first-order chi connectivity index (χ1) is 15.2. The Morgan fingerprint density at radius 2 is 1.71 bits per heavy atom. The molecule has 1 atom stereocenters. The third kappa shape index (κ3) is 4.95. The summed E-state index contributed by atoms with van der Waals surface area (Å²) in [6.07, 6.45) is 3.53. The van der Waals surface area contributed by atoms with Gasteiger partial charge < -0.3 is 15.0 Å². The molecule has 3 aromatic rings. The van der Waals surface area contributed by atoms with Gasteiger partial charge in [0.1, 0.15) is 5.69 Å². The minimum atomic E-state index is -1.23. The van der Waals surface area contributed by atoms with Crippen LogP contribution in [-0.4, -0.2) is 52.0 Å². The Kier molecular flexibility index (Phi) is 6.33. The molecule has 0 spiro atoms. The molecular formula is C24H24N4O3. The topological polar surface area (TPSA) is 84.4 Å². The maximum Gasteiger partial charge on any atom is 0.272 e. The number of carbonyl (C=O) groups excluding carboxylic acids is 2. The van der Waals surface area contributed by atoms with Crippen molar-refractivity contribution >= 4 is 11.8 Å². The molecule has 1 saturated heterocycles. The van der Waals surface area contributed by atoms with Crippen LogP contribution in [0.15, 0.2) is 79.1 Å². The van der Waals surface area contributed by atoms with Crippen molar-refractivity contribution in [3.8, 4) is 0 Å². The number of aromatic nitrogens is 2. The number of nitrogens with one attached hydrogen (secondary N) is 1. The Labute approximate surface area is 181 Å². The van der Waals surface area contributed by atoms with E-state index in [9.17, 15) is 9.59 Å². The van der Waals surface area contributed by atoms with E-state index in [1.807, 2.05) is 48.5 Å². The lowest BCUT2D eigenvalue weighted by Gasteiger charge is -2.41. The highest BCUT2D eigenvalue weighted by Crippen LogP contribution is 2.24. The van der Waals surface area contributed by atoms with Gasteiger partial charge in [-0.2, -0.15) is 0 Å². The summed E-state index contributed by atoms with van der Waals surface area (Å²) in [4.78, 5) is 36.6. The maximum absolute atomic E-state index is 13.4. The predicted octanol–water partition coefficient (Wildman–Crippen LogP) is 2.25. The molecule has 0 saturated carbocycles. The van der Waals surface area contributed by atoms with E-state index in [1.54, 1.807) is 35.5 Å². The number of ether oxygens (including phenoxy) is 1. The molecule has 1 aliphatic heterocycles. The lowest BCUT2D eigenvalue weighted by atomic mass is 9.93. The van der Waals surface area contributed by atoms with Gasteiger partial charge in [0, 0.05) is 37.6 Å². The van der Waals surface area contributed by atoms with E-state index in [2.05, 4.69) is 15.3 Å². The molecule has 2 aromatic heterocycles. The normalized spacial score (nSPS) is 18.4. The Hall–Kier alpha value is -3.58. The SMILES string of the molecule is O=C(c1ccccn1)N1CCOC(Cc2ccccn2)(C(=O)NCc2ccccc2)C1. The van der Waals surface area contributed by atoms with Crippen molar-refractivity contribution in [3.05, 3.63) is 96.1 Å². The largest absolute Gasteiger partial charge is 0.361 e. The highest BCUT2D eigenvalue weighted by atomic mass is 16.5.